The lowest BCUT2D eigenvalue weighted by molar-refractivity contribution is -0.129. The molecule has 7 nitrogen and oxygen atoms in total. The normalized spacial score (nSPS) is 15.6. The van der Waals surface area contributed by atoms with Crippen LogP contribution in [0.3, 0.4) is 0 Å². The molecule has 2 aliphatic rings. The average Bonchev–Trinajstić information content (AvgIpc) is 3.38. The van der Waals surface area contributed by atoms with Crippen molar-refractivity contribution >= 4 is 17.4 Å². The molecule has 0 fully saturated rings. The van der Waals surface area contributed by atoms with Gasteiger partial charge in [0.2, 0.25) is 5.91 Å². The first-order chi connectivity index (χ1) is 13.9. The Kier molecular flexibility index (Phi) is 3.97. The summed E-state index contributed by atoms with van der Waals surface area (Å²) >= 11 is 0. The zero-order valence-electron chi connectivity index (χ0n) is 16.8. The third-order valence-corrected chi connectivity index (χ3v) is 6.00. The van der Waals surface area contributed by atoms with Gasteiger partial charge in [0.15, 0.2) is 5.82 Å². The molecule has 0 saturated heterocycles. The summed E-state index contributed by atoms with van der Waals surface area (Å²) in [6.45, 7) is 3.60. The quantitative estimate of drug-likeness (QED) is 0.670. The summed E-state index contributed by atoms with van der Waals surface area (Å²) in [5.74, 6) is 0.638. The molecular weight excluding hydrogens is 371 g/mol. The minimum atomic E-state index is -0.265. The average molecular weight is 394 g/mol. The molecule has 0 atom stereocenters. The fourth-order valence-corrected chi connectivity index (χ4v) is 4.47. The van der Waals surface area contributed by atoms with Crippen molar-refractivity contribution < 1.29 is 9.18 Å². The van der Waals surface area contributed by atoms with Crippen molar-refractivity contribution in [3.8, 4) is 11.1 Å². The maximum atomic E-state index is 15.0. The van der Waals surface area contributed by atoms with E-state index in [4.69, 9.17) is 5.10 Å². The summed E-state index contributed by atoms with van der Waals surface area (Å²) in [5.41, 5.74) is 5.53. The number of rotatable bonds is 2. The van der Waals surface area contributed by atoms with Gasteiger partial charge >= 0.3 is 0 Å². The molecule has 0 saturated carbocycles. The Bertz CT molecular complexity index is 1130. The van der Waals surface area contributed by atoms with E-state index in [9.17, 15) is 9.18 Å². The molecular formula is C21H23FN6O. The molecule has 4 heterocycles. The minimum absolute atomic E-state index is 0.0689. The molecule has 0 aliphatic carbocycles. The zero-order chi connectivity index (χ0) is 20.3. The van der Waals surface area contributed by atoms with Crippen LogP contribution in [0.1, 0.15) is 23.7 Å². The van der Waals surface area contributed by atoms with Crippen LogP contribution in [0.15, 0.2) is 24.5 Å². The molecule has 1 amide bonds. The molecule has 0 N–H and O–H groups in total. The number of carbonyl (C=O) groups is 1. The molecule has 0 bridgehead atoms. The standard InChI is InChI=1S/C21H23FN6O/c1-13(29)27-6-5-19-17(12-27)21(24-26(19)3)28-7-4-14-8-16(18(22)9-20(14)28)15-10-23-25(2)11-15/h8-11H,4-7,12H2,1-3H3. The first-order valence-corrected chi connectivity index (χ1v) is 9.81. The lowest BCUT2D eigenvalue weighted by Gasteiger charge is -2.28. The van der Waals surface area contributed by atoms with E-state index in [1.165, 1.54) is 0 Å². The highest BCUT2D eigenvalue weighted by molar-refractivity contribution is 5.77. The van der Waals surface area contributed by atoms with Gasteiger partial charge < -0.3 is 9.80 Å². The van der Waals surface area contributed by atoms with E-state index in [-0.39, 0.29) is 11.7 Å². The fraction of sp³-hybridized carbons (Fsp3) is 0.381. The minimum Gasteiger partial charge on any atom is -0.338 e. The van der Waals surface area contributed by atoms with E-state index in [1.807, 2.05) is 35.9 Å². The van der Waals surface area contributed by atoms with Crippen molar-refractivity contribution in [1.82, 2.24) is 24.5 Å². The monoisotopic (exact) mass is 394 g/mol. The molecule has 8 heteroatoms. The van der Waals surface area contributed by atoms with Gasteiger partial charge in [0.1, 0.15) is 5.82 Å². The van der Waals surface area contributed by atoms with Gasteiger partial charge in [-0.1, -0.05) is 0 Å². The summed E-state index contributed by atoms with van der Waals surface area (Å²) < 4.78 is 18.6. The van der Waals surface area contributed by atoms with E-state index in [1.54, 1.807) is 23.9 Å². The van der Waals surface area contributed by atoms with Gasteiger partial charge in [0.25, 0.3) is 0 Å². The summed E-state index contributed by atoms with van der Waals surface area (Å²) in [4.78, 5) is 15.8. The molecule has 2 aliphatic heterocycles. The predicted octanol–water partition coefficient (Wildman–Crippen LogP) is 2.56. The number of hydrogen-bond acceptors (Lipinski definition) is 4. The number of benzene rings is 1. The number of carbonyl (C=O) groups excluding carboxylic acids is 1. The fourth-order valence-electron chi connectivity index (χ4n) is 4.47. The van der Waals surface area contributed by atoms with Crippen molar-refractivity contribution in [3.05, 3.63) is 47.2 Å². The first kappa shape index (κ1) is 17.9. The van der Waals surface area contributed by atoms with Crippen molar-refractivity contribution in [1.29, 1.82) is 0 Å². The van der Waals surface area contributed by atoms with Crippen molar-refractivity contribution in [3.63, 3.8) is 0 Å². The van der Waals surface area contributed by atoms with Crippen molar-refractivity contribution in [2.24, 2.45) is 14.1 Å². The van der Waals surface area contributed by atoms with Crippen LogP contribution < -0.4 is 4.90 Å². The number of nitrogens with zero attached hydrogens (tertiary/aromatic N) is 6. The molecule has 29 heavy (non-hydrogen) atoms. The van der Waals surface area contributed by atoms with Crippen LogP contribution in [0.2, 0.25) is 0 Å². The topological polar surface area (TPSA) is 59.2 Å². The third-order valence-electron chi connectivity index (χ3n) is 6.00. The first-order valence-electron chi connectivity index (χ1n) is 9.81. The molecule has 0 radical (unpaired) electrons. The second kappa shape index (κ2) is 6.43. The molecule has 150 valence electrons. The number of aryl methyl sites for hydroxylation is 2. The highest BCUT2D eigenvalue weighted by atomic mass is 19.1. The smallest absolute Gasteiger partial charge is 0.219 e. The van der Waals surface area contributed by atoms with Crippen LogP contribution >= 0.6 is 0 Å². The van der Waals surface area contributed by atoms with Crippen molar-refractivity contribution in [2.45, 2.75) is 26.3 Å². The molecule has 0 spiro atoms. The lowest BCUT2D eigenvalue weighted by atomic mass is 10.0. The maximum Gasteiger partial charge on any atom is 0.219 e. The Morgan fingerprint density at radius 3 is 2.72 bits per heavy atom. The Labute approximate surface area is 168 Å². The van der Waals surface area contributed by atoms with E-state index < -0.39 is 0 Å². The molecule has 2 aromatic heterocycles. The van der Waals surface area contributed by atoms with Gasteiger partial charge in [-0.3, -0.25) is 14.2 Å². The van der Waals surface area contributed by atoms with Crippen LogP contribution in [-0.4, -0.2) is 43.5 Å². The number of hydrogen-bond donors (Lipinski definition) is 0. The number of halogens is 1. The van der Waals surface area contributed by atoms with E-state index >= 15 is 0 Å². The molecule has 1 aromatic carbocycles. The zero-order valence-corrected chi connectivity index (χ0v) is 16.8. The summed E-state index contributed by atoms with van der Waals surface area (Å²) in [7, 11) is 3.76. The largest absolute Gasteiger partial charge is 0.338 e. The van der Waals surface area contributed by atoms with Crippen LogP contribution in [0.4, 0.5) is 15.9 Å². The highest BCUT2D eigenvalue weighted by Crippen LogP contribution is 2.40. The van der Waals surface area contributed by atoms with E-state index in [0.717, 1.165) is 53.3 Å². The highest BCUT2D eigenvalue weighted by Gasteiger charge is 2.31. The summed E-state index contributed by atoms with van der Waals surface area (Å²) in [6.07, 6.45) is 5.12. The van der Waals surface area contributed by atoms with Crippen LogP contribution in [0.25, 0.3) is 11.1 Å². The van der Waals surface area contributed by atoms with Gasteiger partial charge in [-0.25, -0.2) is 4.39 Å². The third kappa shape index (κ3) is 2.82. The second-order valence-corrected chi connectivity index (χ2v) is 7.83. The van der Waals surface area contributed by atoms with Gasteiger partial charge in [0, 0.05) is 74.8 Å². The van der Waals surface area contributed by atoms with E-state index in [2.05, 4.69) is 10.00 Å². The molecule has 5 rings (SSSR count). The van der Waals surface area contributed by atoms with Crippen LogP contribution in [0.5, 0.6) is 0 Å². The summed E-state index contributed by atoms with van der Waals surface area (Å²) in [6, 6.07) is 3.54. The van der Waals surface area contributed by atoms with Gasteiger partial charge in [-0.15, -0.1) is 0 Å². The SMILES string of the molecule is CC(=O)N1CCc2c(c(N3CCc4cc(-c5cnn(C)c5)c(F)cc43)nn2C)C1. The van der Waals surface area contributed by atoms with Gasteiger partial charge in [-0.05, 0) is 24.1 Å². The Hall–Kier alpha value is -3.16. The number of anilines is 2. The van der Waals surface area contributed by atoms with Gasteiger partial charge in [-0.2, -0.15) is 10.2 Å². The van der Waals surface area contributed by atoms with Gasteiger partial charge in [0.05, 0.1) is 12.7 Å². The Balaban J connectivity index is 1.55. The van der Waals surface area contributed by atoms with Crippen molar-refractivity contribution in [2.75, 3.05) is 18.0 Å². The number of fused-ring (bicyclic) bond motifs is 2. The Morgan fingerprint density at radius 2 is 2.00 bits per heavy atom. The van der Waals surface area contributed by atoms with Crippen LogP contribution in [0, 0.1) is 5.82 Å². The maximum absolute atomic E-state index is 15.0. The number of aromatic nitrogens is 4. The molecule has 0 unspecified atom stereocenters. The summed E-state index contributed by atoms with van der Waals surface area (Å²) in [5, 5.41) is 8.91. The number of amides is 1. The predicted molar refractivity (Wildman–Crippen MR) is 107 cm³/mol. The second-order valence-electron chi connectivity index (χ2n) is 7.83. The molecule has 3 aromatic rings. The van der Waals surface area contributed by atoms with E-state index in [0.29, 0.717) is 18.7 Å². The Morgan fingerprint density at radius 1 is 1.17 bits per heavy atom. The van der Waals surface area contributed by atoms with Crippen LogP contribution in [-0.2, 0) is 38.3 Å². The lowest BCUT2D eigenvalue weighted by Crippen LogP contribution is -2.35.